The number of amides is 1. The summed E-state index contributed by atoms with van der Waals surface area (Å²) in [4.78, 5) is 17.6. The topological polar surface area (TPSA) is 34.4 Å². The van der Waals surface area contributed by atoms with Crippen molar-refractivity contribution < 1.29 is 22.4 Å². The molecule has 1 saturated carbocycles. The van der Waals surface area contributed by atoms with Gasteiger partial charge in [0.15, 0.2) is 4.80 Å². The number of carbonyl (C=O) groups excluding carboxylic acids is 1. The summed E-state index contributed by atoms with van der Waals surface area (Å²) in [6.45, 7) is 4.51. The van der Waals surface area contributed by atoms with Crippen LogP contribution in [0.1, 0.15) is 39.3 Å². The Morgan fingerprint density at radius 1 is 1.32 bits per heavy atom. The van der Waals surface area contributed by atoms with Crippen LogP contribution < -0.4 is 4.80 Å². The van der Waals surface area contributed by atoms with Crippen LogP contribution in [0, 0.1) is 25.6 Å². The lowest BCUT2D eigenvalue weighted by Gasteiger charge is -2.08. The van der Waals surface area contributed by atoms with Gasteiger partial charge in [-0.1, -0.05) is 0 Å². The van der Waals surface area contributed by atoms with E-state index in [2.05, 4.69) is 4.99 Å². The van der Waals surface area contributed by atoms with E-state index in [1.807, 2.05) is 18.4 Å². The highest BCUT2D eigenvalue weighted by Crippen LogP contribution is 2.32. The molecule has 3 rings (SSSR count). The Hall–Kier alpha value is -1.96. The molecule has 0 unspecified atom stereocenters. The molecular formula is C17H16F4N2OS. The lowest BCUT2D eigenvalue weighted by Crippen LogP contribution is -2.20. The molecule has 0 spiro atoms. The molecule has 2 aromatic rings. The summed E-state index contributed by atoms with van der Waals surface area (Å²) in [6, 6.07) is 1.77. The molecule has 0 saturated heterocycles. The first kappa shape index (κ1) is 17.8. The van der Waals surface area contributed by atoms with Crippen molar-refractivity contribution in [3.63, 3.8) is 0 Å². The van der Waals surface area contributed by atoms with Crippen molar-refractivity contribution in [2.75, 3.05) is 0 Å². The third-order valence-electron chi connectivity index (χ3n) is 4.25. The molecule has 0 atom stereocenters. The van der Waals surface area contributed by atoms with Crippen LogP contribution in [0.5, 0.6) is 0 Å². The molecular weight excluding hydrogens is 356 g/mol. The van der Waals surface area contributed by atoms with E-state index in [0.29, 0.717) is 35.5 Å². The molecule has 1 aromatic carbocycles. The first-order chi connectivity index (χ1) is 11.7. The fourth-order valence-corrected chi connectivity index (χ4v) is 3.45. The normalized spacial score (nSPS) is 15.7. The average molecular weight is 372 g/mol. The van der Waals surface area contributed by atoms with E-state index in [-0.39, 0.29) is 0 Å². The molecule has 0 radical (unpaired) electrons. The lowest BCUT2D eigenvalue weighted by atomic mass is 10.1. The summed E-state index contributed by atoms with van der Waals surface area (Å²) < 4.78 is 54.1. The first-order valence-electron chi connectivity index (χ1n) is 7.79. The smallest absolute Gasteiger partial charge is 0.320 e. The fourth-order valence-electron chi connectivity index (χ4n) is 2.47. The highest BCUT2D eigenvalue weighted by Gasteiger charge is 2.32. The van der Waals surface area contributed by atoms with Gasteiger partial charge in [0.25, 0.3) is 5.91 Å². The van der Waals surface area contributed by atoms with E-state index in [9.17, 15) is 22.4 Å². The van der Waals surface area contributed by atoms with Gasteiger partial charge in [0, 0.05) is 17.1 Å². The summed E-state index contributed by atoms with van der Waals surface area (Å²) >= 11 is 1.28. The fraction of sp³-hybridized carbons (Fsp3) is 0.412. The molecule has 1 aromatic heterocycles. The third kappa shape index (κ3) is 3.84. The zero-order valence-electron chi connectivity index (χ0n) is 13.7. The summed E-state index contributed by atoms with van der Waals surface area (Å²) in [5, 5.41) is 0. The Kier molecular flexibility index (Phi) is 4.57. The van der Waals surface area contributed by atoms with Gasteiger partial charge in [-0.25, -0.2) is 4.39 Å². The number of aromatic nitrogens is 1. The number of alkyl halides is 3. The molecule has 25 heavy (non-hydrogen) atoms. The second-order valence-corrected chi connectivity index (χ2v) is 7.37. The molecule has 1 aliphatic carbocycles. The SMILES string of the molecule is Cc1sc(=NC(=O)c2cc(C(F)(F)F)ccc2F)n(CC2CC2)c1C. The standard InChI is InChI=1S/C17H16F4N2OS/c1-9-10(2)25-16(23(9)8-11-3-4-11)22-15(24)13-7-12(17(19,20)21)5-6-14(13)18/h5-7,11H,3-4,8H2,1-2H3. The van der Waals surface area contributed by atoms with E-state index >= 15 is 0 Å². The van der Waals surface area contributed by atoms with Gasteiger partial charge in [0.05, 0.1) is 11.1 Å². The van der Waals surface area contributed by atoms with Crippen LogP contribution in [0.15, 0.2) is 23.2 Å². The minimum Gasteiger partial charge on any atom is -0.320 e. The van der Waals surface area contributed by atoms with Gasteiger partial charge in [-0.15, -0.1) is 11.3 Å². The van der Waals surface area contributed by atoms with E-state index in [4.69, 9.17) is 0 Å². The van der Waals surface area contributed by atoms with E-state index in [1.54, 1.807) is 0 Å². The van der Waals surface area contributed by atoms with Gasteiger partial charge >= 0.3 is 6.18 Å². The molecule has 0 N–H and O–H groups in total. The minimum atomic E-state index is -4.65. The van der Waals surface area contributed by atoms with Crippen molar-refractivity contribution in [2.45, 2.75) is 39.4 Å². The maximum absolute atomic E-state index is 13.9. The van der Waals surface area contributed by atoms with Crippen molar-refractivity contribution in [2.24, 2.45) is 10.9 Å². The Labute approximate surface area is 145 Å². The minimum absolute atomic E-state index is 0.392. The predicted molar refractivity (Wildman–Crippen MR) is 85.8 cm³/mol. The van der Waals surface area contributed by atoms with Gasteiger partial charge in [-0.2, -0.15) is 18.2 Å². The van der Waals surface area contributed by atoms with Crippen LogP contribution in [-0.2, 0) is 12.7 Å². The molecule has 1 amide bonds. The van der Waals surface area contributed by atoms with Crippen molar-refractivity contribution in [3.8, 4) is 0 Å². The average Bonchev–Trinajstić information content (AvgIpc) is 3.30. The van der Waals surface area contributed by atoms with Crippen molar-refractivity contribution >= 4 is 17.2 Å². The van der Waals surface area contributed by atoms with Crippen molar-refractivity contribution in [1.29, 1.82) is 0 Å². The van der Waals surface area contributed by atoms with Gasteiger partial charge < -0.3 is 4.57 Å². The molecule has 8 heteroatoms. The molecule has 0 bridgehead atoms. The number of thiazole rings is 1. The van der Waals surface area contributed by atoms with Crippen molar-refractivity contribution in [1.82, 2.24) is 4.57 Å². The monoisotopic (exact) mass is 372 g/mol. The number of aryl methyl sites for hydroxylation is 1. The third-order valence-corrected chi connectivity index (χ3v) is 5.34. The number of rotatable bonds is 3. The Morgan fingerprint density at radius 3 is 2.60 bits per heavy atom. The molecule has 1 fully saturated rings. The van der Waals surface area contributed by atoms with Crippen LogP contribution in [-0.4, -0.2) is 10.5 Å². The Bertz CT molecular complexity index is 891. The maximum Gasteiger partial charge on any atom is 0.416 e. The van der Waals surface area contributed by atoms with E-state index < -0.39 is 29.0 Å². The highest BCUT2D eigenvalue weighted by atomic mass is 32.1. The molecule has 1 heterocycles. The number of carbonyl (C=O) groups is 1. The van der Waals surface area contributed by atoms with Crippen LogP contribution in [0.25, 0.3) is 0 Å². The maximum atomic E-state index is 13.9. The molecule has 3 nitrogen and oxygen atoms in total. The Balaban J connectivity index is 2.02. The summed E-state index contributed by atoms with van der Waals surface area (Å²) in [6.07, 6.45) is -2.43. The lowest BCUT2D eigenvalue weighted by molar-refractivity contribution is -0.137. The summed E-state index contributed by atoms with van der Waals surface area (Å²) in [5.41, 5.74) is -0.777. The van der Waals surface area contributed by atoms with Crippen molar-refractivity contribution in [3.05, 3.63) is 50.5 Å². The quantitative estimate of drug-likeness (QED) is 0.732. The van der Waals surface area contributed by atoms with E-state index in [1.165, 1.54) is 11.3 Å². The zero-order valence-corrected chi connectivity index (χ0v) is 14.5. The Morgan fingerprint density at radius 2 is 2.00 bits per heavy atom. The number of benzene rings is 1. The van der Waals surface area contributed by atoms with Gasteiger partial charge in [-0.05, 0) is 50.8 Å². The summed E-state index contributed by atoms with van der Waals surface area (Å²) in [5.74, 6) is -1.48. The highest BCUT2D eigenvalue weighted by molar-refractivity contribution is 7.09. The van der Waals surface area contributed by atoms with Gasteiger partial charge in [0.2, 0.25) is 0 Å². The van der Waals surface area contributed by atoms with Crippen LogP contribution in [0.4, 0.5) is 17.6 Å². The second kappa shape index (κ2) is 6.40. The van der Waals surface area contributed by atoms with Gasteiger partial charge in [-0.3, -0.25) is 4.79 Å². The largest absolute Gasteiger partial charge is 0.416 e. The number of halogens is 4. The van der Waals surface area contributed by atoms with Gasteiger partial charge in [0.1, 0.15) is 5.82 Å². The number of hydrogen-bond donors (Lipinski definition) is 0. The predicted octanol–water partition coefficient (Wildman–Crippen LogP) is 4.48. The molecule has 1 aliphatic rings. The first-order valence-corrected chi connectivity index (χ1v) is 8.61. The number of hydrogen-bond acceptors (Lipinski definition) is 2. The zero-order chi connectivity index (χ0) is 18.4. The van der Waals surface area contributed by atoms with E-state index in [0.717, 1.165) is 23.4 Å². The second-order valence-electron chi connectivity index (χ2n) is 6.19. The van der Waals surface area contributed by atoms with Crippen LogP contribution >= 0.6 is 11.3 Å². The van der Waals surface area contributed by atoms with Crippen LogP contribution in [0.3, 0.4) is 0 Å². The number of nitrogens with zero attached hydrogens (tertiary/aromatic N) is 2. The van der Waals surface area contributed by atoms with Crippen LogP contribution in [0.2, 0.25) is 0 Å². The molecule has 0 aliphatic heterocycles. The summed E-state index contributed by atoms with van der Waals surface area (Å²) in [7, 11) is 0. The molecule has 134 valence electrons.